The molecule has 0 aliphatic carbocycles. The summed E-state index contributed by atoms with van der Waals surface area (Å²) in [4.78, 5) is 28.9. The van der Waals surface area contributed by atoms with Crippen LogP contribution >= 0.6 is 0 Å². The molecule has 2 rings (SSSR count). The van der Waals surface area contributed by atoms with Crippen molar-refractivity contribution in [3.63, 3.8) is 0 Å². The van der Waals surface area contributed by atoms with E-state index in [0.29, 0.717) is 10.9 Å². The number of hydrogen-bond donors (Lipinski definition) is 1. The number of nitrogens with one attached hydrogen (secondary N) is 1. The number of H-pyrrole nitrogens is 1. The van der Waals surface area contributed by atoms with Crippen molar-refractivity contribution in [2.75, 3.05) is 20.2 Å². The Morgan fingerprint density at radius 1 is 1.24 bits per heavy atom. The number of benzene rings is 1. The van der Waals surface area contributed by atoms with E-state index in [2.05, 4.69) is 28.5 Å². The molecule has 5 heteroatoms. The molecule has 0 saturated heterocycles. The summed E-state index contributed by atoms with van der Waals surface area (Å²) in [6, 6.07) is 6.97. The minimum absolute atomic E-state index is 0.173. The van der Waals surface area contributed by atoms with Crippen LogP contribution in [0.2, 0.25) is 0 Å². The van der Waals surface area contributed by atoms with E-state index in [0.717, 1.165) is 25.2 Å². The summed E-state index contributed by atoms with van der Waals surface area (Å²) >= 11 is 0. The van der Waals surface area contributed by atoms with Gasteiger partial charge in [-0.3, -0.25) is 9.69 Å². The first-order chi connectivity index (χ1) is 10.1. The third kappa shape index (κ3) is 3.31. The molecule has 0 radical (unpaired) electrons. The molecule has 1 heterocycles. The van der Waals surface area contributed by atoms with Crippen LogP contribution in [0.3, 0.4) is 0 Å². The summed E-state index contributed by atoms with van der Waals surface area (Å²) in [6.07, 6.45) is 0. The normalized spacial score (nSPS) is 11.0. The molecular formula is C16H20N2O3. The van der Waals surface area contributed by atoms with E-state index in [1.807, 2.05) is 18.2 Å². The molecule has 21 heavy (non-hydrogen) atoms. The van der Waals surface area contributed by atoms with Gasteiger partial charge in [0, 0.05) is 23.5 Å². The fourth-order valence-corrected chi connectivity index (χ4v) is 2.32. The second-order valence-electron chi connectivity index (χ2n) is 4.88. The van der Waals surface area contributed by atoms with Crippen LogP contribution in [-0.2, 0) is 11.3 Å². The fourth-order valence-electron chi connectivity index (χ4n) is 2.32. The van der Waals surface area contributed by atoms with E-state index >= 15 is 0 Å². The lowest BCUT2D eigenvalue weighted by atomic mass is 10.1. The molecule has 0 unspecified atom stereocenters. The Hall–Kier alpha value is -2.14. The molecule has 1 N–H and O–H groups in total. The molecule has 2 aromatic rings. The Labute approximate surface area is 123 Å². The van der Waals surface area contributed by atoms with E-state index in [1.54, 1.807) is 0 Å². The number of pyridine rings is 1. The van der Waals surface area contributed by atoms with Gasteiger partial charge >= 0.3 is 5.97 Å². The van der Waals surface area contributed by atoms with Gasteiger partial charge in [0.05, 0.1) is 7.11 Å². The van der Waals surface area contributed by atoms with Gasteiger partial charge in [-0.2, -0.15) is 0 Å². The Morgan fingerprint density at radius 2 is 1.95 bits per heavy atom. The minimum Gasteiger partial charge on any atom is -0.464 e. The highest BCUT2D eigenvalue weighted by molar-refractivity contribution is 5.91. The quantitative estimate of drug-likeness (QED) is 0.856. The van der Waals surface area contributed by atoms with E-state index in [-0.39, 0.29) is 11.1 Å². The Bertz CT molecular complexity index is 702. The van der Waals surface area contributed by atoms with Crippen LogP contribution in [0.15, 0.2) is 29.1 Å². The molecule has 1 aromatic carbocycles. The van der Waals surface area contributed by atoms with Gasteiger partial charge in [-0.05, 0) is 30.8 Å². The maximum atomic E-state index is 12.2. The highest BCUT2D eigenvalue weighted by atomic mass is 16.5. The fraction of sp³-hybridized carbons (Fsp3) is 0.375. The molecule has 0 spiro atoms. The van der Waals surface area contributed by atoms with E-state index < -0.39 is 5.97 Å². The number of ether oxygens (including phenoxy) is 1. The van der Waals surface area contributed by atoms with E-state index in [9.17, 15) is 9.59 Å². The first-order valence-corrected chi connectivity index (χ1v) is 7.05. The van der Waals surface area contributed by atoms with Crippen molar-refractivity contribution in [3.05, 3.63) is 45.7 Å². The number of esters is 1. The van der Waals surface area contributed by atoms with Gasteiger partial charge in [0.2, 0.25) is 0 Å². The molecule has 0 atom stereocenters. The molecule has 0 saturated carbocycles. The number of nitrogens with zero attached hydrogens (tertiary/aromatic N) is 1. The van der Waals surface area contributed by atoms with Gasteiger partial charge in [-0.25, -0.2) is 4.79 Å². The van der Waals surface area contributed by atoms with Crippen LogP contribution in [0.1, 0.15) is 29.9 Å². The highest BCUT2D eigenvalue weighted by Gasteiger charge is 2.10. The average molecular weight is 288 g/mol. The van der Waals surface area contributed by atoms with Gasteiger partial charge in [0.1, 0.15) is 5.69 Å². The number of methoxy groups -OCH3 is 1. The van der Waals surface area contributed by atoms with Gasteiger partial charge in [-0.1, -0.05) is 19.9 Å². The zero-order valence-corrected chi connectivity index (χ0v) is 12.6. The van der Waals surface area contributed by atoms with Crippen LogP contribution in [0.5, 0.6) is 0 Å². The number of fused-ring (bicyclic) bond motifs is 1. The first-order valence-electron chi connectivity index (χ1n) is 7.05. The van der Waals surface area contributed by atoms with Crippen molar-refractivity contribution in [1.29, 1.82) is 0 Å². The Morgan fingerprint density at radius 3 is 2.57 bits per heavy atom. The molecule has 0 aliphatic heterocycles. The standard InChI is InChI=1S/C16H20N2O3/c1-4-18(5-2)10-11-6-7-13-12(8-11)15(19)9-14(17-13)16(20)21-3/h6-9H,4-5,10H2,1-3H3,(H,17,19). The van der Waals surface area contributed by atoms with Crippen LogP contribution in [0.4, 0.5) is 0 Å². The van der Waals surface area contributed by atoms with Crippen molar-refractivity contribution in [3.8, 4) is 0 Å². The highest BCUT2D eigenvalue weighted by Crippen LogP contribution is 2.13. The average Bonchev–Trinajstić information content (AvgIpc) is 2.51. The maximum Gasteiger partial charge on any atom is 0.354 e. The molecule has 5 nitrogen and oxygen atoms in total. The van der Waals surface area contributed by atoms with Gasteiger partial charge in [-0.15, -0.1) is 0 Å². The van der Waals surface area contributed by atoms with E-state index in [4.69, 9.17) is 0 Å². The summed E-state index contributed by atoms with van der Waals surface area (Å²) < 4.78 is 4.63. The molecule has 112 valence electrons. The zero-order chi connectivity index (χ0) is 15.4. The third-order valence-corrected chi connectivity index (χ3v) is 3.60. The molecule has 1 aromatic heterocycles. The van der Waals surface area contributed by atoms with Crippen molar-refractivity contribution in [2.45, 2.75) is 20.4 Å². The van der Waals surface area contributed by atoms with Gasteiger partial charge in [0.25, 0.3) is 0 Å². The lowest BCUT2D eigenvalue weighted by Gasteiger charge is -2.18. The summed E-state index contributed by atoms with van der Waals surface area (Å²) in [7, 11) is 1.29. The number of carbonyl (C=O) groups is 1. The van der Waals surface area contributed by atoms with Crippen molar-refractivity contribution >= 4 is 16.9 Å². The molecular weight excluding hydrogens is 268 g/mol. The molecule has 0 fully saturated rings. The number of rotatable bonds is 5. The number of carbonyl (C=O) groups excluding carboxylic acids is 1. The zero-order valence-electron chi connectivity index (χ0n) is 12.6. The summed E-state index contributed by atoms with van der Waals surface area (Å²) in [6.45, 7) is 6.96. The topological polar surface area (TPSA) is 62.4 Å². The first kappa shape index (κ1) is 15.3. The van der Waals surface area contributed by atoms with Crippen LogP contribution < -0.4 is 5.43 Å². The SMILES string of the molecule is CCN(CC)Cc1ccc2[nH]c(C(=O)OC)cc(=O)c2c1. The summed E-state index contributed by atoms with van der Waals surface area (Å²) in [5.74, 6) is -0.541. The lowest BCUT2D eigenvalue weighted by molar-refractivity contribution is 0.0594. The predicted octanol–water partition coefficient (Wildman–Crippen LogP) is 2.16. The largest absolute Gasteiger partial charge is 0.464 e. The van der Waals surface area contributed by atoms with Crippen molar-refractivity contribution in [1.82, 2.24) is 9.88 Å². The van der Waals surface area contributed by atoms with Gasteiger partial charge < -0.3 is 9.72 Å². The maximum absolute atomic E-state index is 12.2. The third-order valence-electron chi connectivity index (χ3n) is 3.60. The predicted molar refractivity (Wildman–Crippen MR) is 82.5 cm³/mol. The van der Waals surface area contributed by atoms with Crippen LogP contribution in [0.25, 0.3) is 10.9 Å². The summed E-state index contributed by atoms with van der Waals surface area (Å²) in [5.41, 5.74) is 1.73. The van der Waals surface area contributed by atoms with E-state index in [1.165, 1.54) is 13.2 Å². The van der Waals surface area contributed by atoms with Gasteiger partial charge in [0.15, 0.2) is 5.43 Å². The molecule has 0 amide bonds. The monoisotopic (exact) mass is 288 g/mol. The summed E-state index contributed by atoms with van der Waals surface area (Å²) in [5, 5.41) is 0.590. The second-order valence-corrected chi connectivity index (χ2v) is 4.88. The van der Waals surface area contributed by atoms with Crippen molar-refractivity contribution in [2.24, 2.45) is 0 Å². The number of hydrogen-bond acceptors (Lipinski definition) is 4. The molecule has 0 bridgehead atoms. The Balaban J connectivity index is 2.43. The molecule has 0 aliphatic rings. The Kier molecular flexibility index (Phi) is 4.75. The lowest BCUT2D eigenvalue weighted by Crippen LogP contribution is -2.22. The minimum atomic E-state index is -0.541. The smallest absolute Gasteiger partial charge is 0.354 e. The van der Waals surface area contributed by atoms with Crippen LogP contribution in [0, 0.1) is 0 Å². The second kappa shape index (κ2) is 6.54. The number of aromatic amines is 1. The number of aromatic nitrogens is 1. The van der Waals surface area contributed by atoms with Crippen LogP contribution in [-0.4, -0.2) is 36.1 Å². The van der Waals surface area contributed by atoms with Crippen molar-refractivity contribution < 1.29 is 9.53 Å².